The van der Waals surface area contributed by atoms with Crippen LogP contribution in [0.5, 0.6) is 5.75 Å². The smallest absolute Gasteiger partial charge is 0.247 e. The van der Waals surface area contributed by atoms with Gasteiger partial charge in [0, 0.05) is 5.69 Å². The van der Waals surface area contributed by atoms with Gasteiger partial charge in [-0.2, -0.15) is 0 Å². The Labute approximate surface area is 194 Å². The molecule has 0 unspecified atom stereocenters. The van der Waals surface area contributed by atoms with Crippen molar-refractivity contribution in [2.45, 2.75) is 61.4 Å². The molecule has 2 aliphatic rings. The maximum atomic E-state index is 11.4. The number of hydrogen-bond donors (Lipinski definition) is 8. The number of anilines is 1. The summed E-state index contributed by atoms with van der Waals surface area (Å²) >= 11 is 0. The Morgan fingerprint density at radius 3 is 2.06 bits per heavy atom. The zero-order valence-electron chi connectivity index (χ0n) is 18.0. The second-order valence-electron chi connectivity index (χ2n) is 7.84. The summed E-state index contributed by atoms with van der Waals surface area (Å²) in [6.45, 7) is 1.98. The normalized spacial score (nSPS) is 38.2. The molecular weight excluding hydrogens is 458 g/mol. The Kier molecular flexibility index (Phi) is 8.95. The van der Waals surface area contributed by atoms with Crippen LogP contribution in [0, 0.1) is 0 Å². The van der Waals surface area contributed by atoms with Crippen molar-refractivity contribution in [2.75, 3.05) is 18.5 Å². The van der Waals surface area contributed by atoms with Crippen molar-refractivity contribution in [3.63, 3.8) is 0 Å². The molecule has 1 amide bonds. The van der Waals surface area contributed by atoms with Gasteiger partial charge in [0.1, 0.15) is 54.6 Å². The van der Waals surface area contributed by atoms with Crippen LogP contribution >= 0.6 is 0 Å². The first-order valence-electron chi connectivity index (χ1n) is 10.5. The summed E-state index contributed by atoms with van der Waals surface area (Å²) in [5, 5.41) is 72.7. The molecule has 190 valence electrons. The van der Waals surface area contributed by atoms with E-state index < -0.39 is 80.5 Å². The summed E-state index contributed by atoms with van der Waals surface area (Å²) < 4.78 is 21.8. The lowest BCUT2D eigenvalue weighted by Gasteiger charge is -2.45. The van der Waals surface area contributed by atoms with Gasteiger partial charge in [-0.25, -0.2) is 0 Å². The number of hydrogen-bond acceptors (Lipinski definition) is 12. The fourth-order valence-electron chi connectivity index (χ4n) is 3.60. The molecule has 2 saturated heterocycles. The van der Waals surface area contributed by atoms with Crippen LogP contribution in [-0.2, 0) is 19.0 Å². The van der Waals surface area contributed by atoms with Gasteiger partial charge in [0.25, 0.3) is 0 Å². The van der Waals surface area contributed by atoms with Crippen molar-refractivity contribution >= 4 is 11.6 Å². The molecule has 10 atom stereocenters. The predicted molar refractivity (Wildman–Crippen MR) is 112 cm³/mol. The van der Waals surface area contributed by atoms with Crippen molar-refractivity contribution < 1.29 is 59.5 Å². The van der Waals surface area contributed by atoms with Crippen molar-refractivity contribution in [1.29, 1.82) is 0 Å². The maximum Gasteiger partial charge on any atom is 0.247 e. The van der Waals surface area contributed by atoms with Gasteiger partial charge < -0.3 is 60.0 Å². The molecule has 13 heteroatoms. The van der Waals surface area contributed by atoms with E-state index in [1.54, 1.807) is 0 Å². The summed E-state index contributed by atoms with van der Waals surface area (Å²) in [6.07, 6.45) is -14.3. The molecular formula is C21H29NO12. The van der Waals surface area contributed by atoms with Crippen LogP contribution in [0.2, 0.25) is 0 Å². The first kappa shape index (κ1) is 26.4. The quantitative estimate of drug-likeness (QED) is 0.171. The zero-order valence-corrected chi connectivity index (χ0v) is 18.0. The molecule has 0 aliphatic carbocycles. The van der Waals surface area contributed by atoms with Crippen molar-refractivity contribution in [1.82, 2.24) is 0 Å². The highest BCUT2D eigenvalue weighted by Crippen LogP contribution is 2.30. The highest BCUT2D eigenvalue weighted by atomic mass is 16.7. The van der Waals surface area contributed by atoms with E-state index in [9.17, 15) is 40.5 Å². The van der Waals surface area contributed by atoms with Crippen LogP contribution in [0.4, 0.5) is 5.69 Å². The van der Waals surface area contributed by atoms with Gasteiger partial charge in [-0.3, -0.25) is 4.79 Å². The Balaban J connectivity index is 1.67. The van der Waals surface area contributed by atoms with Gasteiger partial charge in [-0.1, -0.05) is 6.58 Å². The second kappa shape index (κ2) is 11.5. The highest BCUT2D eigenvalue weighted by molar-refractivity contribution is 5.98. The maximum absolute atomic E-state index is 11.4. The Bertz CT molecular complexity index is 818. The molecule has 2 heterocycles. The first-order valence-corrected chi connectivity index (χ1v) is 10.5. The summed E-state index contributed by atoms with van der Waals surface area (Å²) in [4.78, 5) is 11.4. The van der Waals surface area contributed by atoms with Crippen molar-refractivity contribution in [2.24, 2.45) is 0 Å². The van der Waals surface area contributed by atoms with Gasteiger partial charge in [-0.15, -0.1) is 0 Å². The topological polar surface area (TPSA) is 208 Å². The van der Waals surface area contributed by atoms with Crippen LogP contribution in [-0.4, -0.2) is 116 Å². The third-order valence-electron chi connectivity index (χ3n) is 5.52. The molecule has 0 spiro atoms. The number of nitrogens with one attached hydrogen (secondary N) is 1. The van der Waals surface area contributed by atoms with Crippen LogP contribution in [0.15, 0.2) is 36.9 Å². The summed E-state index contributed by atoms with van der Waals surface area (Å²) in [6, 6.07) is 6.01. The van der Waals surface area contributed by atoms with Gasteiger partial charge in [0.2, 0.25) is 12.2 Å². The number of rotatable bonds is 8. The fourth-order valence-corrected chi connectivity index (χ4v) is 3.60. The molecule has 34 heavy (non-hydrogen) atoms. The monoisotopic (exact) mass is 487 g/mol. The van der Waals surface area contributed by atoms with Crippen molar-refractivity contribution in [3.8, 4) is 5.75 Å². The van der Waals surface area contributed by atoms with E-state index in [0.717, 1.165) is 6.08 Å². The van der Waals surface area contributed by atoms with E-state index in [1.165, 1.54) is 24.3 Å². The number of carbonyl (C=O) groups excluding carboxylic acids is 1. The van der Waals surface area contributed by atoms with Crippen LogP contribution in [0.1, 0.15) is 0 Å². The average molecular weight is 487 g/mol. The number of ether oxygens (including phenoxy) is 4. The van der Waals surface area contributed by atoms with Crippen LogP contribution < -0.4 is 10.1 Å². The Morgan fingerprint density at radius 1 is 0.882 bits per heavy atom. The van der Waals surface area contributed by atoms with E-state index >= 15 is 0 Å². The standard InChI is InChI=1S/C21H29NO12/c1-2-13(25)22-9-3-5-10(6-4-9)31-20-18(30)16(28)19(12(8-24)33-20)34-21-17(29)15(27)14(26)11(7-23)32-21/h2-6,11-12,14-21,23-24,26-30H,1,7-8H2,(H,22,25)/t11-,12-,14+,15+,16-,17-,18-,19-,20-,21+/m1/s1. The summed E-state index contributed by atoms with van der Waals surface area (Å²) in [5.41, 5.74) is 0.462. The van der Waals surface area contributed by atoms with E-state index in [4.69, 9.17) is 18.9 Å². The second-order valence-corrected chi connectivity index (χ2v) is 7.84. The predicted octanol–water partition coefficient (Wildman–Crippen LogP) is -3.19. The lowest BCUT2D eigenvalue weighted by molar-refractivity contribution is -0.352. The third-order valence-corrected chi connectivity index (χ3v) is 5.52. The van der Waals surface area contributed by atoms with E-state index in [0.29, 0.717) is 5.69 Å². The van der Waals surface area contributed by atoms with E-state index in [1.807, 2.05) is 0 Å². The molecule has 0 radical (unpaired) electrons. The van der Waals surface area contributed by atoms with Gasteiger partial charge >= 0.3 is 0 Å². The van der Waals surface area contributed by atoms with Gasteiger partial charge in [0.15, 0.2) is 6.29 Å². The summed E-state index contributed by atoms with van der Waals surface area (Å²) in [7, 11) is 0. The average Bonchev–Trinajstić information content (AvgIpc) is 2.84. The molecule has 0 aromatic heterocycles. The number of benzene rings is 1. The van der Waals surface area contributed by atoms with Crippen LogP contribution in [0.3, 0.4) is 0 Å². The Morgan fingerprint density at radius 2 is 1.47 bits per heavy atom. The molecule has 1 aromatic carbocycles. The number of aliphatic hydroxyl groups excluding tert-OH is 7. The molecule has 8 N–H and O–H groups in total. The van der Waals surface area contributed by atoms with Crippen molar-refractivity contribution in [3.05, 3.63) is 36.9 Å². The van der Waals surface area contributed by atoms with Gasteiger partial charge in [0.05, 0.1) is 13.2 Å². The minimum Gasteiger partial charge on any atom is -0.462 e. The van der Waals surface area contributed by atoms with Gasteiger partial charge in [-0.05, 0) is 30.3 Å². The number of carbonyl (C=O) groups is 1. The summed E-state index contributed by atoms with van der Waals surface area (Å²) in [5.74, 6) is -0.183. The number of aliphatic hydroxyl groups is 7. The third kappa shape index (κ3) is 5.72. The van der Waals surface area contributed by atoms with E-state index in [2.05, 4.69) is 11.9 Å². The Hall–Kier alpha value is -2.17. The lowest BCUT2D eigenvalue weighted by atomic mass is 9.97. The molecule has 0 saturated carbocycles. The van der Waals surface area contributed by atoms with E-state index in [-0.39, 0.29) is 5.75 Å². The molecule has 1 aromatic rings. The van der Waals surface area contributed by atoms with Crippen LogP contribution in [0.25, 0.3) is 0 Å². The largest absolute Gasteiger partial charge is 0.462 e. The minimum atomic E-state index is -1.75. The molecule has 3 rings (SSSR count). The highest BCUT2D eigenvalue weighted by Gasteiger charge is 2.51. The SMILES string of the molecule is C=CC(=O)Nc1ccc(O[C@@H]2O[C@H](CO)[C@@H](O[C@@H]3O[C@H](CO)[C@H](O)[C@H](O)[C@H]3O)[C@H](O)[C@H]2O)cc1. The lowest BCUT2D eigenvalue weighted by Crippen LogP contribution is -2.65. The molecule has 0 bridgehead atoms. The molecule has 2 aliphatic heterocycles. The fraction of sp³-hybridized carbons (Fsp3) is 0.571. The molecule has 2 fully saturated rings. The zero-order chi connectivity index (χ0) is 25.0. The first-order chi connectivity index (χ1) is 16.2. The number of amides is 1. The minimum absolute atomic E-state index is 0.220. The molecule has 13 nitrogen and oxygen atoms in total.